The zero-order valence-corrected chi connectivity index (χ0v) is 24.3. The van der Waals surface area contributed by atoms with Crippen molar-refractivity contribution in [2.75, 3.05) is 41.2 Å². The molecule has 0 amide bonds. The Morgan fingerprint density at radius 3 is 1.50 bits per heavy atom. The lowest BCUT2D eigenvalue weighted by Gasteiger charge is -2.36. The van der Waals surface area contributed by atoms with Crippen molar-refractivity contribution in [3.05, 3.63) is 0 Å². The Labute approximate surface area is 189 Å². The van der Waals surface area contributed by atoms with E-state index in [9.17, 15) is 0 Å². The van der Waals surface area contributed by atoms with Crippen LogP contribution in [-0.2, 0) is 26.9 Å². The number of rotatable bonds is 20. The van der Waals surface area contributed by atoms with Gasteiger partial charge in [-0.2, -0.15) is 0 Å². The fourth-order valence-corrected chi connectivity index (χ4v) is 11.1. The standard InChI is InChI=1S/C21H50O6Si3/c1-10-28(11-2,12-3)26-20-21(27-29(13-4,14-5)15-6)19-25-17-16-18-30(22-7,23-8)24-9/h21H,10-20H2,1-9H3. The van der Waals surface area contributed by atoms with Crippen molar-refractivity contribution in [2.24, 2.45) is 0 Å². The van der Waals surface area contributed by atoms with Crippen molar-refractivity contribution in [2.45, 2.75) is 96.4 Å². The van der Waals surface area contributed by atoms with E-state index < -0.39 is 25.4 Å². The Hall–Kier alpha value is 0.411. The molecule has 182 valence electrons. The second kappa shape index (κ2) is 16.1. The van der Waals surface area contributed by atoms with Gasteiger partial charge >= 0.3 is 8.80 Å². The smallest absolute Gasteiger partial charge is 0.414 e. The largest absolute Gasteiger partial charge is 0.500 e. The van der Waals surface area contributed by atoms with Crippen LogP contribution in [0, 0.1) is 0 Å². The summed E-state index contributed by atoms with van der Waals surface area (Å²) in [4.78, 5) is 0. The Balaban J connectivity index is 4.92. The van der Waals surface area contributed by atoms with Gasteiger partial charge in [-0.3, -0.25) is 0 Å². The topological polar surface area (TPSA) is 55.4 Å². The molecule has 0 saturated carbocycles. The first-order chi connectivity index (χ1) is 14.3. The molecule has 0 bridgehead atoms. The molecule has 1 atom stereocenters. The molecular formula is C21H50O6Si3. The third-order valence-electron chi connectivity index (χ3n) is 6.87. The van der Waals surface area contributed by atoms with Crippen LogP contribution in [0.25, 0.3) is 0 Å². The van der Waals surface area contributed by atoms with Crippen molar-refractivity contribution in [3.8, 4) is 0 Å². The molecule has 0 aromatic heterocycles. The molecule has 0 aromatic rings. The van der Waals surface area contributed by atoms with Gasteiger partial charge in [-0.05, 0) is 42.7 Å². The van der Waals surface area contributed by atoms with Gasteiger partial charge in [-0.15, -0.1) is 0 Å². The number of hydrogen-bond donors (Lipinski definition) is 0. The Kier molecular flexibility index (Phi) is 16.3. The number of hydrogen-bond acceptors (Lipinski definition) is 6. The quantitative estimate of drug-likeness (QED) is 0.164. The summed E-state index contributed by atoms with van der Waals surface area (Å²) in [6.45, 7) is 15.5. The van der Waals surface area contributed by atoms with Gasteiger partial charge in [0, 0.05) is 34.0 Å². The zero-order chi connectivity index (χ0) is 23.1. The van der Waals surface area contributed by atoms with Crippen LogP contribution >= 0.6 is 0 Å². The molecule has 0 aromatic carbocycles. The SMILES string of the molecule is CC[Si](CC)(CC)OCC(COCCC[Si](OC)(OC)OC)O[Si](CC)(CC)CC. The first-order valence-corrected chi connectivity index (χ1v) is 18.9. The van der Waals surface area contributed by atoms with Crippen molar-refractivity contribution >= 4 is 25.4 Å². The average Bonchev–Trinajstić information content (AvgIpc) is 2.81. The minimum atomic E-state index is -2.53. The van der Waals surface area contributed by atoms with Gasteiger partial charge in [-0.1, -0.05) is 41.5 Å². The fraction of sp³-hybridized carbons (Fsp3) is 1.00. The minimum Gasteiger partial charge on any atom is -0.414 e. The summed E-state index contributed by atoms with van der Waals surface area (Å²) in [6.07, 6.45) is 0.854. The second-order valence-electron chi connectivity index (χ2n) is 8.01. The van der Waals surface area contributed by atoms with Crippen LogP contribution in [0.1, 0.15) is 48.0 Å². The van der Waals surface area contributed by atoms with Gasteiger partial charge in [0.05, 0.1) is 19.3 Å². The predicted octanol–water partition coefficient (Wildman–Crippen LogP) is 5.68. The summed E-state index contributed by atoms with van der Waals surface area (Å²) in [5.41, 5.74) is 0. The number of ether oxygens (including phenoxy) is 1. The molecular weight excluding hydrogens is 432 g/mol. The Morgan fingerprint density at radius 2 is 1.10 bits per heavy atom. The monoisotopic (exact) mass is 482 g/mol. The molecule has 0 fully saturated rings. The van der Waals surface area contributed by atoms with Crippen LogP contribution in [0.3, 0.4) is 0 Å². The van der Waals surface area contributed by atoms with Crippen LogP contribution in [0.2, 0.25) is 42.3 Å². The summed E-state index contributed by atoms with van der Waals surface area (Å²) in [5, 5.41) is 0. The first kappa shape index (κ1) is 30.4. The van der Waals surface area contributed by atoms with Crippen LogP contribution in [-0.4, -0.2) is 72.7 Å². The molecule has 0 spiro atoms. The molecule has 0 heterocycles. The summed E-state index contributed by atoms with van der Waals surface area (Å²) < 4.78 is 35.9. The van der Waals surface area contributed by atoms with Crippen LogP contribution < -0.4 is 0 Å². The summed E-state index contributed by atoms with van der Waals surface area (Å²) in [5.74, 6) is 0. The molecule has 30 heavy (non-hydrogen) atoms. The van der Waals surface area contributed by atoms with Gasteiger partial charge in [0.15, 0.2) is 16.6 Å². The third-order valence-corrected chi connectivity index (χ3v) is 19.0. The summed E-state index contributed by atoms with van der Waals surface area (Å²) in [7, 11) is -0.944. The highest BCUT2D eigenvalue weighted by atomic mass is 28.4. The normalized spacial score (nSPS) is 14.3. The van der Waals surface area contributed by atoms with Crippen molar-refractivity contribution in [1.82, 2.24) is 0 Å². The highest BCUT2D eigenvalue weighted by Crippen LogP contribution is 2.26. The molecule has 0 aliphatic heterocycles. The van der Waals surface area contributed by atoms with E-state index in [2.05, 4.69) is 41.5 Å². The lowest BCUT2D eigenvalue weighted by molar-refractivity contribution is 0.0163. The Bertz CT molecular complexity index is 391. The predicted molar refractivity (Wildman–Crippen MR) is 132 cm³/mol. The molecule has 6 nitrogen and oxygen atoms in total. The van der Waals surface area contributed by atoms with Gasteiger partial charge in [-0.25, -0.2) is 0 Å². The summed E-state index contributed by atoms with van der Waals surface area (Å²) in [6, 6.07) is 7.62. The molecule has 0 aliphatic rings. The maximum atomic E-state index is 6.77. The first-order valence-electron chi connectivity index (χ1n) is 11.9. The molecule has 0 saturated heterocycles. The van der Waals surface area contributed by atoms with Gasteiger partial charge in [0.2, 0.25) is 0 Å². The van der Waals surface area contributed by atoms with Crippen LogP contribution in [0.5, 0.6) is 0 Å². The van der Waals surface area contributed by atoms with Crippen molar-refractivity contribution in [1.29, 1.82) is 0 Å². The lowest BCUT2D eigenvalue weighted by Crippen LogP contribution is -2.46. The zero-order valence-electron chi connectivity index (χ0n) is 21.3. The molecule has 9 heteroatoms. The van der Waals surface area contributed by atoms with E-state index in [1.165, 1.54) is 0 Å². The van der Waals surface area contributed by atoms with Gasteiger partial charge in [0.1, 0.15) is 0 Å². The summed E-state index contributed by atoms with van der Waals surface area (Å²) >= 11 is 0. The highest BCUT2D eigenvalue weighted by Gasteiger charge is 2.37. The van der Waals surface area contributed by atoms with E-state index in [0.29, 0.717) is 19.8 Å². The van der Waals surface area contributed by atoms with E-state index in [1.54, 1.807) is 21.3 Å². The van der Waals surface area contributed by atoms with E-state index in [0.717, 1.165) is 48.7 Å². The van der Waals surface area contributed by atoms with E-state index in [1.807, 2.05) is 0 Å². The van der Waals surface area contributed by atoms with E-state index in [4.69, 9.17) is 26.9 Å². The second-order valence-corrected chi connectivity index (χ2v) is 20.6. The highest BCUT2D eigenvalue weighted by molar-refractivity contribution is 6.74. The molecule has 0 N–H and O–H groups in total. The van der Waals surface area contributed by atoms with E-state index in [-0.39, 0.29) is 6.10 Å². The third kappa shape index (κ3) is 9.50. The molecule has 0 radical (unpaired) electrons. The average molecular weight is 483 g/mol. The Morgan fingerprint density at radius 1 is 0.633 bits per heavy atom. The van der Waals surface area contributed by atoms with Crippen molar-refractivity contribution in [3.63, 3.8) is 0 Å². The van der Waals surface area contributed by atoms with Crippen LogP contribution in [0.4, 0.5) is 0 Å². The van der Waals surface area contributed by atoms with Crippen molar-refractivity contribution < 1.29 is 26.9 Å². The lowest BCUT2D eigenvalue weighted by atomic mass is 10.4. The molecule has 0 aliphatic carbocycles. The molecule has 0 rings (SSSR count). The minimum absolute atomic E-state index is 0.0160. The van der Waals surface area contributed by atoms with Crippen LogP contribution in [0.15, 0.2) is 0 Å². The van der Waals surface area contributed by atoms with Gasteiger partial charge < -0.3 is 26.9 Å². The van der Waals surface area contributed by atoms with E-state index >= 15 is 0 Å². The van der Waals surface area contributed by atoms with Gasteiger partial charge in [0.25, 0.3) is 0 Å². The molecule has 1 unspecified atom stereocenters. The fourth-order valence-electron chi connectivity index (χ4n) is 3.96. The maximum absolute atomic E-state index is 6.77. The maximum Gasteiger partial charge on any atom is 0.500 e.